The molecule has 0 spiro atoms. The van der Waals surface area contributed by atoms with E-state index in [1.54, 1.807) is 18.2 Å². The Labute approximate surface area is 223 Å². The molecule has 0 bridgehead atoms. The lowest BCUT2D eigenvalue weighted by Gasteiger charge is -2.15. The summed E-state index contributed by atoms with van der Waals surface area (Å²) in [6.45, 7) is -0.161. The summed E-state index contributed by atoms with van der Waals surface area (Å²) in [4.78, 5) is 37.9. The smallest absolute Gasteiger partial charge is 0.373 e. The van der Waals surface area contributed by atoms with Gasteiger partial charge in [-0.1, -0.05) is 23.7 Å². The molecule has 1 N–H and O–H groups in total. The van der Waals surface area contributed by atoms with Crippen LogP contribution >= 0.6 is 27.5 Å². The molecular formula is C25H19BrClFN2O7. The highest BCUT2D eigenvalue weighted by Gasteiger charge is 2.35. The van der Waals surface area contributed by atoms with Crippen LogP contribution in [0.3, 0.4) is 0 Å². The Bertz CT molecular complexity index is 1420. The number of amides is 3. The highest BCUT2D eigenvalue weighted by atomic mass is 79.9. The first-order valence-corrected chi connectivity index (χ1v) is 11.8. The fraction of sp³-hybridized carbons (Fsp3) is 0.160. The van der Waals surface area contributed by atoms with Crippen molar-refractivity contribution in [3.05, 3.63) is 86.1 Å². The van der Waals surface area contributed by atoms with E-state index >= 15 is 0 Å². The van der Waals surface area contributed by atoms with E-state index in [1.165, 1.54) is 44.6 Å². The summed E-state index contributed by atoms with van der Waals surface area (Å²) in [7, 11) is 2.63. The third-order valence-electron chi connectivity index (χ3n) is 5.27. The molecule has 1 fully saturated rings. The van der Waals surface area contributed by atoms with E-state index in [1.807, 2.05) is 0 Å². The Morgan fingerprint density at radius 1 is 1.22 bits per heavy atom. The van der Waals surface area contributed by atoms with Gasteiger partial charge in [0.25, 0.3) is 5.91 Å². The molecule has 192 valence electrons. The van der Waals surface area contributed by atoms with Crippen LogP contribution in [-0.4, -0.2) is 37.0 Å². The van der Waals surface area contributed by atoms with Gasteiger partial charge in [0, 0.05) is 4.47 Å². The third-order valence-corrected chi connectivity index (χ3v) is 6.72. The molecule has 1 aliphatic heterocycles. The van der Waals surface area contributed by atoms with E-state index in [9.17, 15) is 18.8 Å². The second-order valence-electron chi connectivity index (χ2n) is 7.68. The number of nitrogens with zero attached hydrogens (tertiary/aromatic N) is 1. The van der Waals surface area contributed by atoms with E-state index in [0.29, 0.717) is 15.6 Å². The number of furan rings is 1. The summed E-state index contributed by atoms with van der Waals surface area (Å²) in [5.74, 6) is -1.05. The molecule has 1 aromatic heterocycles. The van der Waals surface area contributed by atoms with Crippen molar-refractivity contribution in [2.75, 3.05) is 14.2 Å². The zero-order valence-electron chi connectivity index (χ0n) is 19.5. The molecule has 3 aromatic rings. The van der Waals surface area contributed by atoms with Crippen molar-refractivity contribution in [1.29, 1.82) is 0 Å². The molecule has 0 unspecified atom stereocenters. The summed E-state index contributed by atoms with van der Waals surface area (Å²) in [5, 5.41) is 2.66. The number of carbonyl (C=O) groups excluding carboxylic acids is 3. The van der Waals surface area contributed by atoms with Gasteiger partial charge in [-0.25, -0.2) is 14.0 Å². The van der Waals surface area contributed by atoms with Crippen molar-refractivity contribution in [1.82, 2.24) is 10.2 Å². The molecule has 0 aliphatic carbocycles. The van der Waals surface area contributed by atoms with Gasteiger partial charge in [0.15, 0.2) is 11.5 Å². The van der Waals surface area contributed by atoms with Crippen LogP contribution < -0.4 is 14.8 Å². The number of nitrogens with one attached hydrogen (secondary N) is 1. The standard InChI is InChI=1S/C25H19BrClFN2O7/c1-34-19-10-14(20(26)21(27)22(19)36-12-13-4-3-5-15(28)8-13)9-17-23(31)30(25(33)29-17)11-16-6-7-18(37-16)24(32)35-2/h3-10H,11-12H2,1-2H3,(H,29,33)/b17-9-. The maximum atomic E-state index is 13.5. The number of hydrogen-bond donors (Lipinski definition) is 1. The molecule has 12 heteroatoms. The monoisotopic (exact) mass is 592 g/mol. The predicted molar refractivity (Wildman–Crippen MR) is 134 cm³/mol. The van der Waals surface area contributed by atoms with Crippen LogP contribution in [0.1, 0.15) is 27.4 Å². The molecule has 2 heterocycles. The summed E-state index contributed by atoms with van der Waals surface area (Å²) in [5.41, 5.74) is 1.00. The molecule has 2 aromatic carbocycles. The van der Waals surface area contributed by atoms with Gasteiger partial charge in [0.1, 0.15) is 28.9 Å². The first-order chi connectivity index (χ1) is 17.7. The minimum absolute atomic E-state index is 0.0167. The SMILES string of the molecule is COC(=O)c1ccc(CN2C(=O)N/C(=C\c3cc(OC)c(OCc4cccc(F)c4)c(Cl)c3Br)C2=O)o1. The molecule has 37 heavy (non-hydrogen) atoms. The van der Waals surface area contributed by atoms with Crippen LogP contribution in [0.5, 0.6) is 11.5 Å². The van der Waals surface area contributed by atoms with Crippen LogP contribution in [0.4, 0.5) is 9.18 Å². The number of carbonyl (C=O) groups is 3. The number of benzene rings is 2. The average molecular weight is 594 g/mol. The normalized spacial score (nSPS) is 14.2. The second-order valence-corrected chi connectivity index (χ2v) is 8.85. The summed E-state index contributed by atoms with van der Waals surface area (Å²) in [6.07, 6.45) is 1.43. The number of rotatable bonds is 8. The van der Waals surface area contributed by atoms with Crippen molar-refractivity contribution in [2.45, 2.75) is 13.2 Å². The Morgan fingerprint density at radius 3 is 2.70 bits per heavy atom. The first-order valence-electron chi connectivity index (χ1n) is 10.7. The second kappa shape index (κ2) is 11.1. The van der Waals surface area contributed by atoms with Gasteiger partial charge >= 0.3 is 12.0 Å². The van der Waals surface area contributed by atoms with Gasteiger partial charge in [0.05, 0.1) is 20.8 Å². The lowest BCUT2D eigenvalue weighted by Crippen LogP contribution is -2.30. The number of hydrogen-bond acceptors (Lipinski definition) is 7. The quantitative estimate of drug-likeness (QED) is 0.215. The zero-order valence-corrected chi connectivity index (χ0v) is 21.8. The van der Waals surface area contributed by atoms with E-state index in [0.717, 1.165) is 4.90 Å². The molecule has 9 nitrogen and oxygen atoms in total. The van der Waals surface area contributed by atoms with Crippen molar-refractivity contribution in [3.63, 3.8) is 0 Å². The van der Waals surface area contributed by atoms with Crippen LogP contribution in [0, 0.1) is 5.82 Å². The zero-order chi connectivity index (χ0) is 26.7. The maximum Gasteiger partial charge on any atom is 0.373 e. The molecule has 1 saturated heterocycles. The molecule has 4 rings (SSSR count). The van der Waals surface area contributed by atoms with Gasteiger partial charge in [-0.05, 0) is 63.5 Å². The van der Waals surface area contributed by atoms with Gasteiger partial charge in [-0.3, -0.25) is 9.69 Å². The highest BCUT2D eigenvalue weighted by molar-refractivity contribution is 9.10. The van der Waals surface area contributed by atoms with Crippen molar-refractivity contribution in [2.24, 2.45) is 0 Å². The number of esters is 1. The summed E-state index contributed by atoms with van der Waals surface area (Å²) < 4.78 is 35.0. The van der Waals surface area contributed by atoms with Gasteiger partial charge in [0.2, 0.25) is 5.76 Å². The third kappa shape index (κ3) is 5.62. The summed E-state index contributed by atoms with van der Waals surface area (Å²) in [6, 6.07) is 9.70. The van der Waals surface area contributed by atoms with Crippen molar-refractivity contribution < 1.29 is 37.4 Å². The van der Waals surface area contributed by atoms with Gasteiger partial charge in [-0.15, -0.1) is 0 Å². The molecule has 0 atom stereocenters. The number of ether oxygens (including phenoxy) is 3. The van der Waals surface area contributed by atoms with Gasteiger partial charge < -0.3 is 23.9 Å². The fourth-order valence-corrected chi connectivity index (χ4v) is 4.14. The minimum Gasteiger partial charge on any atom is -0.493 e. The first kappa shape index (κ1) is 26.2. The maximum absolute atomic E-state index is 13.5. The lowest BCUT2D eigenvalue weighted by molar-refractivity contribution is -0.123. The van der Waals surface area contributed by atoms with Crippen LogP contribution in [0.15, 0.2) is 57.1 Å². The molecule has 0 radical (unpaired) electrons. The Morgan fingerprint density at radius 2 is 2.00 bits per heavy atom. The molecule has 0 saturated carbocycles. The average Bonchev–Trinajstić information content (AvgIpc) is 3.46. The van der Waals surface area contributed by atoms with E-state index in [2.05, 4.69) is 26.0 Å². The Hall–Kier alpha value is -3.83. The van der Waals surface area contributed by atoms with E-state index < -0.39 is 23.7 Å². The minimum atomic E-state index is -0.678. The summed E-state index contributed by atoms with van der Waals surface area (Å²) >= 11 is 9.92. The number of halogens is 3. The van der Waals surface area contributed by atoms with Crippen LogP contribution in [0.2, 0.25) is 5.02 Å². The number of urea groups is 1. The number of methoxy groups -OCH3 is 2. The Kier molecular flexibility index (Phi) is 7.84. The van der Waals surface area contributed by atoms with Crippen molar-refractivity contribution >= 4 is 51.5 Å². The molecular weight excluding hydrogens is 575 g/mol. The molecule has 3 amide bonds. The lowest BCUT2D eigenvalue weighted by atomic mass is 10.1. The van der Waals surface area contributed by atoms with Gasteiger partial charge in [-0.2, -0.15) is 0 Å². The Balaban J connectivity index is 1.56. The molecule has 1 aliphatic rings. The van der Waals surface area contributed by atoms with Crippen LogP contribution in [-0.2, 0) is 22.7 Å². The van der Waals surface area contributed by atoms with Crippen LogP contribution in [0.25, 0.3) is 6.08 Å². The highest BCUT2D eigenvalue weighted by Crippen LogP contribution is 2.43. The van der Waals surface area contributed by atoms with E-state index in [-0.39, 0.29) is 46.9 Å². The fourth-order valence-electron chi connectivity index (χ4n) is 3.48. The number of imide groups is 1. The van der Waals surface area contributed by atoms with Crippen molar-refractivity contribution in [3.8, 4) is 11.5 Å². The topological polar surface area (TPSA) is 107 Å². The largest absolute Gasteiger partial charge is 0.493 e. The van der Waals surface area contributed by atoms with E-state index in [4.69, 9.17) is 25.5 Å². The predicted octanol–water partition coefficient (Wildman–Crippen LogP) is 5.30.